The Morgan fingerprint density at radius 3 is 2.37 bits per heavy atom. The molecule has 1 heterocycles. The van der Waals surface area contributed by atoms with E-state index in [1.165, 1.54) is 0 Å². The normalized spacial score (nSPS) is 10.8. The quantitative estimate of drug-likeness (QED) is 0.897. The summed E-state index contributed by atoms with van der Waals surface area (Å²) in [5.74, 6) is 0. The highest BCUT2D eigenvalue weighted by atomic mass is 16.1. The predicted octanol–water partition coefficient (Wildman–Crippen LogP) is 2.72. The molecule has 0 atom stereocenters. The molecule has 0 radical (unpaired) electrons. The minimum absolute atomic E-state index is 0.0749. The van der Waals surface area contributed by atoms with Gasteiger partial charge in [0.25, 0.3) is 5.56 Å². The van der Waals surface area contributed by atoms with Gasteiger partial charge in [-0.05, 0) is 13.3 Å². The second kappa shape index (κ2) is 5.78. The second-order valence-electron chi connectivity index (χ2n) is 4.63. The van der Waals surface area contributed by atoms with Crippen LogP contribution in [-0.4, -0.2) is 9.36 Å². The van der Waals surface area contributed by atoms with Crippen LogP contribution in [0.3, 0.4) is 0 Å². The first kappa shape index (κ1) is 13.5. The lowest BCUT2D eigenvalue weighted by Gasteiger charge is -2.12. The maximum Gasteiger partial charge on any atom is 0.290 e. The molecule has 1 aromatic carbocycles. The predicted molar refractivity (Wildman–Crippen MR) is 79.1 cm³/mol. The molecular formula is C15H21N3O. The Hall–Kier alpha value is -1.97. The summed E-state index contributed by atoms with van der Waals surface area (Å²) in [7, 11) is 0. The number of anilines is 1. The van der Waals surface area contributed by atoms with E-state index in [0.29, 0.717) is 5.69 Å². The number of nitrogen functional groups attached to an aromatic ring is 1. The van der Waals surface area contributed by atoms with E-state index < -0.39 is 0 Å². The van der Waals surface area contributed by atoms with Gasteiger partial charge < -0.3 is 5.73 Å². The largest absolute Gasteiger partial charge is 0.392 e. The molecule has 0 aliphatic carbocycles. The SMILES string of the molecule is CCCCn1c(=O)c(N)c(-c2ccccc2)n1CC. The number of nitrogens with zero attached hydrogens (tertiary/aromatic N) is 2. The van der Waals surface area contributed by atoms with Crippen molar-refractivity contribution in [3.63, 3.8) is 0 Å². The molecule has 0 spiro atoms. The van der Waals surface area contributed by atoms with Crippen LogP contribution in [0.1, 0.15) is 26.7 Å². The zero-order valence-electron chi connectivity index (χ0n) is 11.6. The zero-order valence-corrected chi connectivity index (χ0v) is 11.6. The molecule has 4 heteroatoms. The van der Waals surface area contributed by atoms with Gasteiger partial charge in [0.05, 0.1) is 5.69 Å². The van der Waals surface area contributed by atoms with Crippen LogP contribution < -0.4 is 11.3 Å². The summed E-state index contributed by atoms with van der Waals surface area (Å²) >= 11 is 0. The summed E-state index contributed by atoms with van der Waals surface area (Å²) in [6.45, 7) is 5.61. The first-order chi connectivity index (χ1) is 9.20. The molecule has 19 heavy (non-hydrogen) atoms. The number of hydrogen-bond acceptors (Lipinski definition) is 2. The van der Waals surface area contributed by atoms with Crippen LogP contribution in [0.15, 0.2) is 35.1 Å². The molecular weight excluding hydrogens is 238 g/mol. The van der Waals surface area contributed by atoms with Gasteiger partial charge >= 0.3 is 0 Å². The summed E-state index contributed by atoms with van der Waals surface area (Å²) in [4.78, 5) is 12.3. The fraction of sp³-hybridized carbons (Fsp3) is 0.400. The molecule has 0 aliphatic heterocycles. The van der Waals surface area contributed by atoms with Gasteiger partial charge in [0, 0.05) is 18.7 Å². The lowest BCUT2D eigenvalue weighted by molar-refractivity contribution is 0.447. The Morgan fingerprint density at radius 2 is 1.79 bits per heavy atom. The molecule has 4 nitrogen and oxygen atoms in total. The lowest BCUT2D eigenvalue weighted by Crippen LogP contribution is -2.23. The van der Waals surface area contributed by atoms with Gasteiger partial charge in [-0.2, -0.15) is 0 Å². The Bertz CT molecular complexity index is 596. The first-order valence-corrected chi connectivity index (χ1v) is 6.85. The van der Waals surface area contributed by atoms with E-state index in [0.717, 1.165) is 37.2 Å². The highest BCUT2D eigenvalue weighted by Gasteiger charge is 2.17. The topological polar surface area (TPSA) is 52.9 Å². The summed E-state index contributed by atoms with van der Waals surface area (Å²) in [6, 6.07) is 9.86. The van der Waals surface area contributed by atoms with Crippen molar-refractivity contribution in [2.75, 3.05) is 5.73 Å². The second-order valence-corrected chi connectivity index (χ2v) is 4.63. The van der Waals surface area contributed by atoms with E-state index in [-0.39, 0.29) is 5.56 Å². The van der Waals surface area contributed by atoms with E-state index in [1.54, 1.807) is 4.68 Å². The van der Waals surface area contributed by atoms with Crippen molar-refractivity contribution >= 4 is 5.69 Å². The van der Waals surface area contributed by atoms with Crippen molar-refractivity contribution in [3.8, 4) is 11.3 Å². The van der Waals surface area contributed by atoms with Crippen LogP contribution in [0.2, 0.25) is 0 Å². The summed E-state index contributed by atoms with van der Waals surface area (Å²) < 4.78 is 3.75. The molecule has 0 bridgehead atoms. The van der Waals surface area contributed by atoms with Crippen LogP contribution in [0.4, 0.5) is 5.69 Å². The minimum atomic E-state index is -0.0749. The summed E-state index contributed by atoms with van der Waals surface area (Å²) in [6.07, 6.45) is 2.04. The van der Waals surface area contributed by atoms with Crippen molar-refractivity contribution in [1.82, 2.24) is 9.36 Å². The maximum absolute atomic E-state index is 12.3. The number of hydrogen-bond donors (Lipinski definition) is 1. The number of nitrogens with two attached hydrogens (primary N) is 1. The fourth-order valence-electron chi connectivity index (χ4n) is 2.37. The van der Waals surface area contributed by atoms with Gasteiger partial charge in [-0.3, -0.25) is 9.48 Å². The van der Waals surface area contributed by atoms with Crippen LogP contribution in [-0.2, 0) is 13.1 Å². The Morgan fingerprint density at radius 1 is 1.11 bits per heavy atom. The van der Waals surface area contributed by atoms with Crippen molar-refractivity contribution in [2.24, 2.45) is 0 Å². The Balaban J connectivity index is 2.58. The third kappa shape index (κ3) is 2.43. The van der Waals surface area contributed by atoms with Crippen LogP contribution >= 0.6 is 0 Å². The third-order valence-corrected chi connectivity index (χ3v) is 3.34. The number of aromatic nitrogens is 2. The summed E-state index contributed by atoms with van der Waals surface area (Å²) in [5, 5.41) is 0. The molecule has 0 fully saturated rings. The maximum atomic E-state index is 12.3. The molecule has 0 aliphatic rings. The van der Waals surface area contributed by atoms with Gasteiger partial charge in [-0.15, -0.1) is 0 Å². The standard InChI is InChI=1S/C15H21N3O/c1-3-5-11-18-15(19)13(16)14(17(18)4-2)12-9-7-6-8-10-12/h6-10H,3-5,11,16H2,1-2H3. The van der Waals surface area contributed by atoms with E-state index in [2.05, 4.69) is 6.92 Å². The molecule has 102 valence electrons. The van der Waals surface area contributed by atoms with E-state index in [9.17, 15) is 4.79 Å². The summed E-state index contributed by atoms with van der Waals surface area (Å²) in [5.41, 5.74) is 8.14. The van der Waals surface area contributed by atoms with Crippen LogP contribution in [0, 0.1) is 0 Å². The van der Waals surface area contributed by atoms with Gasteiger partial charge in [-0.25, -0.2) is 4.68 Å². The zero-order chi connectivity index (χ0) is 13.8. The molecule has 2 N–H and O–H groups in total. The number of rotatable bonds is 5. The fourth-order valence-corrected chi connectivity index (χ4v) is 2.37. The molecule has 1 aromatic heterocycles. The Kier molecular flexibility index (Phi) is 4.10. The van der Waals surface area contributed by atoms with E-state index in [4.69, 9.17) is 5.73 Å². The van der Waals surface area contributed by atoms with Crippen molar-refractivity contribution in [1.29, 1.82) is 0 Å². The molecule has 0 unspecified atom stereocenters. The van der Waals surface area contributed by atoms with Gasteiger partial charge in [0.2, 0.25) is 0 Å². The lowest BCUT2D eigenvalue weighted by atomic mass is 10.1. The van der Waals surface area contributed by atoms with Gasteiger partial charge in [0.15, 0.2) is 0 Å². The van der Waals surface area contributed by atoms with E-state index >= 15 is 0 Å². The van der Waals surface area contributed by atoms with Crippen LogP contribution in [0.25, 0.3) is 11.3 Å². The third-order valence-electron chi connectivity index (χ3n) is 3.34. The average molecular weight is 259 g/mol. The number of unbranched alkanes of at least 4 members (excludes halogenated alkanes) is 1. The van der Waals surface area contributed by atoms with Crippen molar-refractivity contribution < 1.29 is 0 Å². The first-order valence-electron chi connectivity index (χ1n) is 6.85. The van der Waals surface area contributed by atoms with Gasteiger partial charge in [0.1, 0.15) is 5.69 Å². The highest BCUT2D eigenvalue weighted by molar-refractivity contribution is 5.72. The minimum Gasteiger partial charge on any atom is -0.392 e. The molecule has 0 amide bonds. The smallest absolute Gasteiger partial charge is 0.290 e. The molecule has 0 saturated carbocycles. The highest BCUT2D eigenvalue weighted by Crippen LogP contribution is 2.24. The molecule has 2 rings (SSSR count). The van der Waals surface area contributed by atoms with E-state index in [1.807, 2.05) is 41.9 Å². The molecule has 2 aromatic rings. The van der Waals surface area contributed by atoms with Crippen molar-refractivity contribution in [2.45, 2.75) is 39.8 Å². The average Bonchev–Trinajstić information content (AvgIpc) is 2.69. The molecule has 0 saturated heterocycles. The Labute approximate surface area is 113 Å². The van der Waals surface area contributed by atoms with Crippen molar-refractivity contribution in [3.05, 3.63) is 40.7 Å². The van der Waals surface area contributed by atoms with Crippen LogP contribution in [0.5, 0.6) is 0 Å². The van der Waals surface area contributed by atoms with Gasteiger partial charge in [-0.1, -0.05) is 43.7 Å². The monoisotopic (exact) mass is 259 g/mol. The number of benzene rings is 1.